The summed E-state index contributed by atoms with van der Waals surface area (Å²) in [4.78, 5) is 13.6. The average Bonchev–Trinajstić information content (AvgIpc) is 2.18. The third-order valence-corrected chi connectivity index (χ3v) is 1.76. The molecular weight excluding hydrogens is 182 g/mol. The van der Waals surface area contributed by atoms with E-state index in [9.17, 15) is 4.79 Å². The number of methoxy groups -OCH3 is 1. The molecule has 0 saturated carbocycles. The number of aliphatic hydroxyl groups is 1. The van der Waals surface area contributed by atoms with E-state index in [-0.39, 0.29) is 6.61 Å². The molecule has 0 saturated heterocycles. The first-order valence-corrected chi connectivity index (χ1v) is 4.17. The molecule has 0 aliphatic heterocycles. The van der Waals surface area contributed by atoms with Crippen LogP contribution in [0.2, 0.25) is 0 Å². The molecule has 1 N–H and O–H groups in total. The van der Waals surface area contributed by atoms with Gasteiger partial charge in [0.15, 0.2) is 0 Å². The summed E-state index contributed by atoms with van der Waals surface area (Å²) >= 11 is 0. The van der Waals surface area contributed by atoms with Crippen molar-refractivity contribution in [3.63, 3.8) is 0 Å². The van der Waals surface area contributed by atoms with E-state index in [1.165, 1.54) is 13.2 Å². The molecule has 1 aromatic rings. The predicted octanol–water partition coefficient (Wildman–Crippen LogP) is 1.20. The Hall–Kier alpha value is -1.64. The number of aliphatic hydroxyl groups excluding tert-OH is 1. The monoisotopic (exact) mass is 193 g/mol. The van der Waals surface area contributed by atoms with Crippen molar-refractivity contribution in [3.05, 3.63) is 23.8 Å². The van der Waals surface area contributed by atoms with Gasteiger partial charge in [-0.3, -0.25) is 0 Å². The summed E-state index contributed by atoms with van der Waals surface area (Å²) in [5, 5.41) is 8.76. The summed E-state index contributed by atoms with van der Waals surface area (Å²) in [7, 11) is 1.53. The fraction of sp³-hybridized carbons (Fsp3) is 0.300. The van der Waals surface area contributed by atoms with Crippen LogP contribution in [0.3, 0.4) is 0 Å². The van der Waals surface area contributed by atoms with E-state index in [0.717, 1.165) is 5.56 Å². The van der Waals surface area contributed by atoms with Gasteiger partial charge in [-0.1, -0.05) is 0 Å². The van der Waals surface area contributed by atoms with Crippen molar-refractivity contribution in [2.24, 2.45) is 4.99 Å². The minimum atomic E-state index is 0.0530. The first kappa shape index (κ1) is 10.4. The number of isocyanates is 1. The van der Waals surface area contributed by atoms with Crippen LogP contribution in [0.4, 0.5) is 5.69 Å². The molecule has 1 aromatic carbocycles. The van der Waals surface area contributed by atoms with Crippen LogP contribution in [-0.2, 0) is 11.2 Å². The molecule has 0 radical (unpaired) electrons. The SMILES string of the molecule is COc1cc(CCO)cc(N=C=O)c1. The molecule has 0 aromatic heterocycles. The van der Waals surface area contributed by atoms with Crippen molar-refractivity contribution in [1.82, 2.24) is 0 Å². The number of ether oxygens (including phenoxy) is 1. The van der Waals surface area contributed by atoms with Crippen LogP contribution in [0.5, 0.6) is 5.75 Å². The second kappa shape index (κ2) is 5.17. The molecule has 0 aliphatic rings. The van der Waals surface area contributed by atoms with Gasteiger partial charge in [0.25, 0.3) is 0 Å². The van der Waals surface area contributed by atoms with Crippen LogP contribution in [0, 0.1) is 0 Å². The Balaban J connectivity index is 3.06. The van der Waals surface area contributed by atoms with E-state index < -0.39 is 0 Å². The highest BCUT2D eigenvalue weighted by atomic mass is 16.5. The Morgan fingerprint density at radius 3 is 2.86 bits per heavy atom. The van der Waals surface area contributed by atoms with Gasteiger partial charge in [0, 0.05) is 12.7 Å². The van der Waals surface area contributed by atoms with Gasteiger partial charge in [-0.25, -0.2) is 4.79 Å². The first-order chi connectivity index (χ1) is 6.80. The molecule has 0 heterocycles. The lowest BCUT2D eigenvalue weighted by atomic mass is 10.1. The van der Waals surface area contributed by atoms with Crippen LogP contribution in [0.25, 0.3) is 0 Å². The fourth-order valence-electron chi connectivity index (χ4n) is 1.15. The molecule has 14 heavy (non-hydrogen) atoms. The Morgan fingerprint density at radius 1 is 1.50 bits per heavy atom. The zero-order chi connectivity index (χ0) is 10.4. The molecule has 0 atom stereocenters. The molecule has 0 bridgehead atoms. The van der Waals surface area contributed by atoms with E-state index in [2.05, 4.69) is 4.99 Å². The van der Waals surface area contributed by atoms with Crippen LogP contribution >= 0.6 is 0 Å². The number of aliphatic imine (C=N–C) groups is 1. The summed E-state index contributed by atoms with van der Waals surface area (Å²) in [5.74, 6) is 0.616. The van der Waals surface area contributed by atoms with Crippen LogP contribution in [0.15, 0.2) is 23.2 Å². The Labute approximate surface area is 81.9 Å². The van der Waals surface area contributed by atoms with Crippen molar-refractivity contribution in [3.8, 4) is 5.75 Å². The Morgan fingerprint density at radius 2 is 2.29 bits per heavy atom. The lowest BCUT2D eigenvalue weighted by Gasteiger charge is -2.04. The molecule has 74 valence electrons. The van der Waals surface area contributed by atoms with Crippen LogP contribution in [-0.4, -0.2) is 24.9 Å². The predicted molar refractivity (Wildman–Crippen MR) is 51.6 cm³/mol. The van der Waals surface area contributed by atoms with Crippen molar-refractivity contribution in [1.29, 1.82) is 0 Å². The third-order valence-electron chi connectivity index (χ3n) is 1.76. The highest BCUT2D eigenvalue weighted by Crippen LogP contribution is 2.22. The van der Waals surface area contributed by atoms with E-state index in [1.54, 1.807) is 18.2 Å². The van der Waals surface area contributed by atoms with E-state index >= 15 is 0 Å². The number of rotatable bonds is 4. The third kappa shape index (κ3) is 2.69. The molecule has 0 fully saturated rings. The second-order valence-electron chi connectivity index (χ2n) is 2.72. The standard InChI is InChI=1S/C10H11NO3/c1-14-10-5-8(2-3-12)4-9(6-10)11-7-13/h4-6,12H,2-3H2,1H3. The molecule has 0 unspecified atom stereocenters. The average molecular weight is 193 g/mol. The maximum absolute atomic E-state index is 10.1. The van der Waals surface area contributed by atoms with Crippen molar-refractivity contribution in [2.75, 3.05) is 13.7 Å². The van der Waals surface area contributed by atoms with Gasteiger partial charge in [-0.15, -0.1) is 0 Å². The summed E-state index contributed by atoms with van der Waals surface area (Å²) in [6.07, 6.45) is 1.97. The maximum atomic E-state index is 10.1. The van der Waals surface area contributed by atoms with E-state index in [0.29, 0.717) is 17.9 Å². The maximum Gasteiger partial charge on any atom is 0.240 e. The Bertz CT molecular complexity index is 356. The topological polar surface area (TPSA) is 58.9 Å². The largest absolute Gasteiger partial charge is 0.497 e. The van der Waals surface area contributed by atoms with Gasteiger partial charge in [0.05, 0.1) is 12.8 Å². The fourth-order valence-corrected chi connectivity index (χ4v) is 1.15. The quantitative estimate of drug-likeness (QED) is 0.577. The zero-order valence-electron chi connectivity index (χ0n) is 7.86. The zero-order valence-corrected chi connectivity index (χ0v) is 7.86. The van der Waals surface area contributed by atoms with Gasteiger partial charge < -0.3 is 9.84 Å². The molecule has 4 heteroatoms. The molecule has 4 nitrogen and oxygen atoms in total. The van der Waals surface area contributed by atoms with Crippen LogP contribution in [0.1, 0.15) is 5.56 Å². The number of carbonyl (C=O) groups excluding carboxylic acids is 1. The van der Waals surface area contributed by atoms with Gasteiger partial charge in [-0.2, -0.15) is 4.99 Å². The molecule has 0 amide bonds. The van der Waals surface area contributed by atoms with Crippen molar-refractivity contribution in [2.45, 2.75) is 6.42 Å². The summed E-state index contributed by atoms with van der Waals surface area (Å²) in [6, 6.07) is 5.13. The van der Waals surface area contributed by atoms with Crippen LogP contribution < -0.4 is 4.74 Å². The molecule has 0 spiro atoms. The van der Waals surface area contributed by atoms with Gasteiger partial charge in [-0.05, 0) is 24.1 Å². The first-order valence-electron chi connectivity index (χ1n) is 4.17. The van der Waals surface area contributed by atoms with Gasteiger partial charge in [0.2, 0.25) is 6.08 Å². The molecular formula is C10H11NO3. The smallest absolute Gasteiger partial charge is 0.240 e. The Kier molecular flexibility index (Phi) is 3.85. The second-order valence-corrected chi connectivity index (χ2v) is 2.72. The lowest BCUT2D eigenvalue weighted by Crippen LogP contribution is -1.91. The molecule has 1 rings (SSSR count). The lowest BCUT2D eigenvalue weighted by molar-refractivity contribution is 0.299. The van der Waals surface area contributed by atoms with E-state index in [1.807, 2.05) is 0 Å². The normalized spacial score (nSPS) is 9.29. The number of hydrogen-bond acceptors (Lipinski definition) is 4. The highest BCUT2D eigenvalue weighted by Gasteiger charge is 2.00. The number of hydrogen-bond donors (Lipinski definition) is 1. The molecule has 0 aliphatic carbocycles. The van der Waals surface area contributed by atoms with Gasteiger partial charge in [0.1, 0.15) is 5.75 Å². The van der Waals surface area contributed by atoms with E-state index in [4.69, 9.17) is 9.84 Å². The minimum absolute atomic E-state index is 0.0530. The number of benzene rings is 1. The summed E-state index contributed by atoms with van der Waals surface area (Å²) in [6.45, 7) is 0.0530. The number of nitrogens with zero attached hydrogens (tertiary/aromatic N) is 1. The summed E-state index contributed by atoms with van der Waals surface area (Å²) in [5.41, 5.74) is 1.36. The van der Waals surface area contributed by atoms with Gasteiger partial charge >= 0.3 is 0 Å². The minimum Gasteiger partial charge on any atom is -0.497 e. The van der Waals surface area contributed by atoms with Crippen molar-refractivity contribution >= 4 is 11.8 Å². The van der Waals surface area contributed by atoms with Crippen molar-refractivity contribution < 1.29 is 14.6 Å². The summed E-state index contributed by atoms with van der Waals surface area (Å²) < 4.78 is 5.02. The highest BCUT2D eigenvalue weighted by molar-refractivity contribution is 5.53.